The molecule has 0 unspecified atom stereocenters. The summed E-state index contributed by atoms with van der Waals surface area (Å²) in [6, 6.07) is 0. The third kappa shape index (κ3) is 6.55. The first kappa shape index (κ1) is 25.9. The number of aliphatic hydroxyl groups is 6. The summed E-state index contributed by atoms with van der Waals surface area (Å²) in [5, 5.41) is 60.4. The average Bonchev–Trinajstić information content (AvgIpc) is 2.74. The summed E-state index contributed by atoms with van der Waals surface area (Å²) >= 11 is 0. The quantitative estimate of drug-likeness (QED) is 0.221. The van der Waals surface area contributed by atoms with Crippen molar-refractivity contribution in [2.24, 2.45) is 0 Å². The monoisotopic (exact) mass is 438 g/mol. The molecule has 0 bridgehead atoms. The highest BCUT2D eigenvalue weighted by molar-refractivity contribution is 4.93. The van der Waals surface area contributed by atoms with Crippen molar-refractivity contribution in [3.63, 3.8) is 0 Å². The predicted molar refractivity (Wildman–Crippen MR) is 104 cm³/mol. The Labute approximate surface area is 177 Å². The molecule has 2 fully saturated rings. The Morgan fingerprint density at radius 1 is 0.733 bits per heavy atom. The summed E-state index contributed by atoms with van der Waals surface area (Å²) < 4.78 is 22.0. The molecule has 2 aliphatic rings. The number of aliphatic hydroxyl groups excluding tert-OH is 6. The van der Waals surface area contributed by atoms with Crippen molar-refractivity contribution in [3.8, 4) is 0 Å². The van der Waals surface area contributed by atoms with Gasteiger partial charge in [-0.3, -0.25) is 0 Å². The Bertz CT molecular complexity index is 479. The fraction of sp³-hybridized carbons (Fsp3) is 1.00. The molecule has 6 N–H and O–H groups in total. The molecule has 0 saturated carbocycles. The van der Waals surface area contributed by atoms with Gasteiger partial charge in [0.25, 0.3) is 0 Å². The number of rotatable bonds is 11. The van der Waals surface area contributed by atoms with Crippen molar-refractivity contribution in [1.82, 2.24) is 0 Å². The van der Waals surface area contributed by atoms with E-state index in [-0.39, 0.29) is 0 Å². The molecule has 10 atom stereocenters. The highest BCUT2D eigenvalue weighted by Gasteiger charge is 2.50. The van der Waals surface area contributed by atoms with Crippen molar-refractivity contribution < 1.29 is 49.6 Å². The van der Waals surface area contributed by atoms with Gasteiger partial charge in [-0.1, -0.05) is 39.0 Å². The summed E-state index contributed by atoms with van der Waals surface area (Å²) in [7, 11) is 0. The van der Waals surface area contributed by atoms with Crippen LogP contribution in [-0.4, -0.2) is 105 Å². The maximum absolute atomic E-state index is 10.5. The molecule has 0 spiro atoms. The number of hydrogen-bond donors (Lipinski definition) is 6. The zero-order valence-corrected chi connectivity index (χ0v) is 17.7. The van der Waals surface area contributed by atoms with E-state index >= 15 is 0 Å². The van der Waals surface area contributed by atoms with Gasteiger partial charge < -0.3 is 49.6 Å². The molecule has 30 heavy (non-hydrogen) atoms. The first-order valence-electron chi connectivity index (χ1n) is 10.9. The molecule has 2 saturated heterocycles. The van der Waals surface area contributed by atoms with Crippen LogP contribution in [0.4, 0.5) is 0 Å². The third-order valence-electron chi connectivity index (χ3n) is 5.70. The molecular formula is C20H38O10. The van der Waals surface area contributed by atoms with Crippen LogP contribution in [0.2, 0.25) is 0 Å². The minimum absolute atomic E-state index is 0.344. The van der Waals surface area contributed by atoms with Gasteiger partial charge >= 0.3 is 0 Å². The van der Waals surface area contributed by atoms with Gasteiger partial charge in [0.05, 0.1) is 12.7 Å². The zero-order chi connectivity index (χ0) is 22.3. The average molecular weight is 439 g/mol. The van der Waals surface area contributed by atoms with Crippen molar-refractivity contribution in [2.75, 3.05) is 13.2 Å². The molecule has 2 rings (SSSR count). The molecule has 0 aliphatic carbocycles. The number of hydrogen-bond acceptors (Lipinski definition) is 10. The molecule has 0 radical (unpaired) electrons. The summed E-state index contributed by atoms with van der Waals surface area (Å²) in [6.07, 6.45) is -6.53. The van der Waals surface area contributed by atoms with Crippen LogP contribution in [0.15, 0.2) is 0 Å². The molecule has 0 aromatic rings. The lowest BCUT2D eigenvalue weighted by Gasteiger charge is -2.45. The Balaban J connectivity index is 1.87. The fourth-order valence-corrected chi connectivity index (χ4v) is 3.72. The number of unbranched alkanes of at least 4 members (excludes halogenated alkanes) is 5. The van der Waals surface area contributed by atoms with E-state index in [9.17, 15) is 30.6 Å². The third-order valence-corrected chi connectivity index (χ3v) is 5.70. The van der Waals surface area contributed by atoms with Gasteiger partial charge in [0.2, 0.25) is 0 Å². The van der Waals surface area contributed by atoms with E-state index in [1.54, 1.807) is 0 Å². The van der Waals surface area contributed by atoms with E-state index in [0.29, 0.717) is 6.61 Å². The van der Waals surface area contributed by atoms with Crippen LogP contribution in [0, 0.1) is 0 Å². The van der Waals surface area contributed by atoms with Gasteiger partial charge in [0, 0.05) is 6.61 Å². The van der Waals surface area contributed by atoms with Gasteiger partial charge in [0.15, 0.2) is 12.6 Å². The van der Waals surface area contributed by atoms with E-state index in [1.165, 1.54) is 26.2 Å². The van der Waals surface area contributed by atoms with Crippen molar-refractivity contribution in [1.29, 1.82) is 0 Å². The normalized spacial score (nSPS) is 42.4. The molecule has 10 nitrogen and oxygen atoms in total. The lowest BCUT2D eigenvalue weighted by atomic mass is 9.97. The van der Waals surface area contributed by atoms with E-state index in [2.05, 4.69) is 6.92 Å². The molecule has 10 heteroatoms. The topological polar surface area (TPSA) is 158 Å². The van der Waals surface area contributed by atoms with Crippen LogP contribution in [0.25, 0.3) is 0 Å². The molecule has 2 heterocycles. The van der Waals surface area contributed by atoms with E-state index < -0.39 is 68.0 Å². The van der Waals surface area contributed by atoms with Crippen LogP contribution >= 0.6 is 0 Å². The van der Waals surface area contributed by atoms with Crippen molar-refractivity contribution in [3.05, 3.63) is 0 Å². The second kappa shape index (κ2) is 12.6. The second-order valence-electron chi connectivity index (χ2n) is 8.13. The Morgan fingerprint density at radius 2 is 1.37 bits per heavy atom. The summed E-state index contributed by atoms with van der Waals surface area (Å²) in [5.41, 5.74) is 0. The summed E-state index contributed by atoms with van der Waals surface area (Å²) in [6.45, 7) is 3.46. The zero-order valence-electron chi connectivity index (χ0n) is 17.7. The van der Waals surface area contributed by atoms with Crippen molar-refractivity contribution in [2.45, 2.75) is 114 Å². The Morgan fingerprint density at radius 3 is 2.03 bits per heavy atom. The summed E-state index contributed by atoms with van der Waals surface area (Å²) in [5.74, 6) is 0. The van der Waals surface area contributed by atoms with E-state index in [1.807, 2.05) is 0 Å². The Hall–Kier alpha value is -0.400. The highest BCUT2D eigenvalue weighted by Crippen LogP contribution is 2.29. The van der Waals surface area contributed by atoms with Gasteiger partial charge in [-0.05, 0) is 13.3 Å². The van der Waals surface area contributed by atoms with Crippen molar-refractivity contribution >= 4 is 0 Å². The molecular weight excluding hydrogens is 400 g/mol. The summed E-state index contributed by atoms with van der Waals surface area (Å²) in [4.78, 5) is 0. The highest BCUT2D eigenvalue weighted by atomic mass is 16.7. The van der Waals surface area contributed by atoms with Gasteiger partial charge in [0.1, 0.15) is 42.7 Å². The van der Waals surface area contributed by atoms with Crippen LogP contribution in [-0.2, 0) is 18.9 Å². The molecule has 0 aromatic heterocycles. The van der Waals surface area contributed by atoms with Crippen LogP contribution in [0.3, 0.4) is 0 Å². The second-order valence-corrected chi connectivity index (χ2v) is 8.13. The maximum atomic E-state index is 10.5. The largest absolute Gasteiger partial charge is 0.394 e. The lowest BCUT2D eigenvalue weighted by Crippen LogP contribution is -2.64. The molecule has 178 valence electrons. The van der Waals surface area contributed by atoms with Gasteiger partial charge in [-0.25, -0.2) is 0 Å². The lowest BCUT2D eigenvalue weighted by molar-refractivity contribution is -0.356. The van der Waals surface area contributed by atoms with Gasteiger partial charge in [-0.15, -0.1) is 0 Å². The SMILES string of the molecule is CCCCCCCCO[C@H]1O[C@H](CO)[C@H](O[C@H]2O[C@@H](C)[C@@H](O)[C@@H](O)[C@@H]2O)[C@H](O)[C@H]1O. The smallest absolute Gasteiger partial charge is 0.187 e. The molecule has 2 aliphatic heterocycles. The first-order chi connectivity index (χ1) is 14.3. The molecule has 0 aromatic carbocycles. The van der Waals surface area contributed by atoms with Crippen LogP contribution in [0.1, 0.15) is 52.4 Å². The predicted octanol–water partition coefficient (Wildman–Crippen LogP) is -0.985. The maximum Gasteiger partial charge on any atom is 0.187 e. The Kier molecular flexibility index (Phi) is 10.9. The van der Waals surface area contributed by atoms with Crippen LogP contribution < -0.4 is 0 Å². The number of ether oxygens (including phenoxy) is 4. The minimum atomic E-state index is -1.58. The fourth-order valence-electron chi connectivity index (χ4n) is 3.72. The van der Waals surface area contributed by atoms with E-state index in [0.717, 1.165) is 19.3 Å². The first-order valence-corrected chi connectivity index (χ1v) is 10.9. The molecule has 0 amide bonds. The van der Waals surface area contributed by atoms with Gasteiger partial charge in [-0.2, -0.15) is 0 Å². The minimum Gasteiger partial charge on any atom is -0.394 e. The van der Waals surface area contributed by atoms with E-state index in [4.69, 9.17) is 18.9 Å². The standard InChI is InChI=1S/C20H38O10/c1-3-4-5-6-7-8-9-27-19-17(26)15(24)18(12(10-21)29-19)30-20-16(25)14(23)13(22)11(2)28-20/h11-26H,3-10H2,1-2H3/t11-,12+,13+,14+,15+,16-,17+,18-,19-,20+/m0/s1. The van der Waals surface area contributed by atoms with Crippen LogP contribution in [0.5, 0.6) is 0 Å².